The van der Waals surface area contributed by atoms with Gasteiger partial charge >= 0.3 is 12.1 Å². The van der Waals surface area contributed by atoms with E-state index < -0.39 is 18.2 Å². The van der Waals surface area contributed by atoms with Crippen LogP contribution in [0, 0.1) is 0 Å². The van der Waals surface area contributed by atoms with Crippen LogP contribution in [0.4, 0.5) is 4.79 Å². The molecule has 1 amide bonds. The molecule has 2 rings (SSSR count). The van der Waals surface area contributed by atoms with Gasteiger partial charge in [0, 0.05) is 0 Å². The van der Waals surface area contributed by atoms with Crippen LogP contribution in [0.1, 0.15) is 22.0 Å². The number of aromatic carboxylic acids is 1. The highest BCUT2D eigenvalue weighted by Crippen LogP contribution is 2.21. The minimum absolute atomic E-state index is 0.190. The fraction of sp³-hybridized carbons (Fsp3) is 0.200. The molecule has 0 radical (unpaired) electrons. The number of ether oxygens (including phenoxy) is 1. The quantitative estimate of drug-likeness (QED) is 0.763. The van der Waals surface area contributed by atoms with Gasteiger partial charge in [-0.3, -0.25) is 0 Å². The molecular weight excluding hydrogens is 198 g/mol. The number of carbonyl (C=O) groups excluding carboxylic acids is 1. The zero-order valence-corrected chi connectivity index (χ0v) is 7.77. The van der Waals surface area contributed by atoms with Gasteiger partial charge in [0.05, 0.1) is 12.1 Å². The largest absolute Gasteiger partial charge is 0.478 e. The summed E-state index contributed by atoms with van der Waals surface area (Å²) in [5.74, 6) is -0.992. The van der Waals surface area contributed by atoms with Crippen molar-refractivity contribution in [2.75, 3.05) is 6.54 Å². The van der Waals surface area contributed by atoms with Gasteiger partial charge in [-0.15, -0.1) is 0 Å². The normalized spacial score (nSPS) is 19.5. The summed E-state index contributed by atoms with van der Waals surface area (Å²) in [6.45, 7) is 0.377. The number of hydrogen-bond donors (Lipinski definition) is 2. The summed E-state index contributed by atoms with van der Waals surface area (Å²) in [6, 6.07) is 6.37. The van der Waals surface area contributed by atoms with Crippen LogP contribution < -0.4 is 5.32 Å². The SMILES string of the molecule is O=C1NCC(c2cccc(C(=O)O)c2)O1. The number of carboxylic acid groups (broad SMARTS) is 1. The van der Waals surface area contributed by atoms with Gasteiger partial charge in [-0.2, -0.15) is 0 Å². The molecule has 1 aromatic carbocycles. The van der Waals surface area contributed by atoms with E-state index in [0.29, 0.717) is 12.1 Å². The van der Waals surface area contributed by atoms with Crippen LogP contribution in [0.25, 0.3) is 0 Å². The summed E-state index contributed by atoms with van der Waals surface area (Å²) in [5.41, 5.74) is 0.878. The van der Waals surface area contributed by atoms with E-state index in [4.69, 9.17) is 9.84 Å². The lowest BCUT2D eigenvalue weighted by Gasteiger charge is -2.08. The van der Waals surface area contributed by atoms with Crippen molar-refractivity contribution < 1.29 is 19.4 Å². The number of benzene rings is 1. The minimum atomic E-state index is -0.992. The lowest BCUT2D eigenvalue weighted by molar-refractivity contribution is 0.0696. The van der Waals surface area contributed by atoms with Gasteiger partial charge in [0.2, 0.25) is 0 Å². The zero-order chi connectivity index (χ0) is 10.8. The van der Waals surface area contributed by atoms with Gasteiger partial charge in [-0.1, -0.05) is 12.1 Å². The average molecular weight is 207 g/mol. The van der Waals surface area contributed by atoms with Gasteiger partial charge in [-0.25, -0.2) is 9.59 Å². The third-order valence-electron chi connectivity index (χ3n) is 2.19. The topological polar surface area (TPSA) is 75.6 Å². The molecule has 0 aliphatic carbocycles. The molecule has 0 spiro atoms. The molecule has 0 saturated carbocycles. The lowest BCUT2D eigenvalue weighted by atomic mass is 10.1. The molecule has 1 unspecified atom stereocenters. The Morgan fingerprint density at radius 2 is 2.33 bits per heavy atom. The van der Waals surface area contributed by atoms with E-state index in [1.165, 1.54) is 12.1 Å². The Bertz CT molecular complexity index is 416. The van der Waals surface area contributed by atoms with Crippen molar-refractivity contribution in [1.29, 1.82) is 0 Å². The highest BCUT2D eigenvalue weighted by atomic mass is 16.6. The second-order valence-electron chi connectivity index (χ2n) is 3.21. The van der Waals surface area contributed by atoms with Gasteiger partial charge in [0.1, 0.15) is 6.10 Å². The number of alkyl carbamates (subject to hydrolysis) is 1. The summed E-state index contributed by atoms with van der Waals surface area (Å²) in [5, 5.41) is 11.3. The van der Waals surface area contributed by atoms with Gasteiger partial charge < -0.3 is 15.2 Å². The number of nitrogens with one attached hydrogen (secondary N) is 1. The fourth-order valence-corrected chi connectivity index (χ4v) is 1.45. The van der Waals surface area contributed by atoms with Crippen LogP contribution in [0.5, 0.6) is 0 Å². The Kier molecular flexibility index (Phi) is 2.29. The molecule has 78 valence electrons. The van der Waals surface area contributed by atoms with Crippen molar-refractivity contribution in [2.45, 2.75) is 6.10 Å². The Hall–Kier alpha value is -2.04. The van der Waals surface area contributed by atoms with Gasteiger partial charge in [0.15, 0.2) is 0 Å². The van der Waals surface area contributed by atoms with Crippen LogP contribution in [-0.4, -0.2) is 23.7 Å². The fourth-order valence-electron chi connectivity index (χ4n) is 1.45. The number of rotatable bonds is 2. The summed E-state index contributed by atoms with van der Waals surface area (Å²) < 4.78 is 4.94. The molecule has 0 aromatic heterocycles. The van der Waals surface area contributed by atoms with Crippen molar-refractivity contribution in [2.24, 2.45) is 0 Å². The van der Waals surface area contributed by atoms with Crippen molar-refractivity contribution in [3.63, 3.8) is 0 Å². The molecule has 1 fully saturated rings. The minimum Gasteiger partial charge on any atom is -0.478 e. The van der Waals surface area contributed by atoms with E-state index in [2.05, 4.69) is 5.32 Å². The van der Waals surface area contributed by atoms with Crippen molar-refractivity contribution in [3.8, 4) is 0 Å². The van der Waals surface area contributed by atoms with Gasteiger partial charge in [0.25, 0.3) is 0 Å². The molecule has 5 nitrogen and oxygen atoms in total. The Morgan fingerprint density at radius 3 is 2.93 bits per heavy atom. The first kappa shape index (κ1) is 9.51. The molecule has 1 saturated heterocycles. The second kappa shape index (κ2) is 3.61. The molecule has 1 aliphatic heterocycles. The first-order chi connectivity index (χ1) is 7.16. The maximum atomic E-state index is 10.8. The first-order valence-corrected chi connectivity index (χ1v) is 4.44. The predicted molar refractivity (Wildman–Crippen MR) is 50.6 cm³/mol. The Balaban J connectivity index is 2.25. The smallest absolute Gasteiger partial charge is 0.407 e. The van der Waals surface area contributed by atoms with E-state index in [-0.39, 0.29) is 5.56 Å². The number of carboxylic acids is 1. The average Bonchev–Trinajstić information content (AvgIpc) is 2.65. The van der Waals surface area contributed by atoms with Crippen molar-refractivity contribution in [3.05, 3.63) is 35.4 Å². The molecule has 1 atom stereocenters. The molecule has 5 heteroatoms. The molecule has 2 N–H and O–H groups in total. The maximum Gasteiger partial charge on any atom is 0.407 e. The van der Waals surface area contributed by atoms with E-state index >= 15 is 0 Å². The summed E-state index contributed by atoms with van der Waals surface area (Å²) in [7, 11) is 0. The summed E-state index contributed by atoms with van der Waals surface area (Å²) in [6.07, 6.45) is -0.863. The third-order valence-corrected chi connectivity index (χ3v) is 2.19. The molecule has 0 bridgehead atoms. The van der Waals surface area contributed by atoms with E-state index in [0.717, 1.165) is 0 Å². The predicted octanol–water partition coefficient (Wildman–Crippen LogP) is 1.17. The molecule has 1 aromatic rings. The number of cyclic esters (lactones) is 1. The number of carbonyl (C=O) groups is 2. The van der Waals surface area contributed by atoms with Crippen LogP contribution in [-0.2, 0) is 4.74 Å². The highest BCUT2D eigenvalue weighted by molar-refractivity contribution is 5.87. The maximum absolute atomic E-state index is 10.8. The molecule has 1 heterocycles. The van der Waals surface area contributed by atoms with E-state index in [1.54, 1.807) is 12.1 Å². The lowest BCUT2D eigenvalue weighted by Crippen LogP contribution is -2.12. The van der Waals surface area contributed by atoms with Crippen LogP contribution in [0.15, 0.2) is 24.3 Å². The first-order valence-electron chi connectivity index (χ1n) is 4.44. The molecule has 1 aliphatic rings. The third kappa shape index (κ3) is 1.90. The standard InChI is InChI=1S/C10H9NO4/c12-9(13)7-3-1-2-6(4-7)8-5-11-10(14)15-8/h1-4,8H,5H2,(H,11,14)(H,12,13). The Morgan fingerprint density at radius 1 is 1.53 bits per heavy atom. The van der Waals surface area contributed by atoms with Crippen LogP contribution in [0.2, 0.25) is 0 Å². The monoisotopic (exact) mass is 207 g/mol. The van der Waals surface area contributed by atoms with Crippen molar-refractivity contribution in [1.82, 2.24) is 5.32 Å². The second-order valence-corrected chi connectivity index (χ2v) is 3.21. The van der Waals surface area contributed by atoms with E-state index in [1.807, 2.05) is 0 Å². The molecular formula is C10H9NO4. The highest BCUT2D eigenvalue weighted by Gasteiger charge is 2.24. The summed E-state index contributed by atoms with van der Waals surface area (Å²) in [4.78, 5) is 21.5. The molecule has 15 heavy (non-hydrogen) atoms. The van der Waals surface area contributed by atoms with Crippen molar-refractivity contribution >= 4 is 12.1 Å². The number of amides is 1. The van der Waals surface area contributed by atoms with Crippen LogP contribution in [0.3, 0.4) is 0 Å². The zero-order valence-electron chi connectivity index (χ0n) is 7.77. The van der Waals surface area contributed by atoms with Crippen LogP contribution >= 0.6 is 0 Å². The van der Waals surface area contributed by atoms with Gasteiger partial charge in [-0.05, 0) is 17.7 Å². The number of hydrogen-bond acceptors (Lipinski definition) is 3. The Labute approximate surface area is 85.7 Å². The van der Waals surface area contributed by atoms with E-state index in [9.17, 15) is 9.59 Å². The summed E-state index contributed by atoms with van der Waals surface area (Å²) >= 11 is 0.